The van der Waals surface area contributed by atoms with Gasteiger partial charge in [0.2, 0.25) is 0 Å². The first-order valence-electron chi connectivity index (χ1n) is 6.91. The molecule has 0 saturated carbocycles. The van der Waals surface area contributed by atoms with Crippen LogP contribution >= 0.6 is 23.2 Å². The molecule has 2 N–H and O–H groups in total. The van der Waals surface area contributed by atoms with Crippen molar-refractivity contribution in [3.05, 3.63) is 33.8 Å². The summed E-state index contributed by atoms with van der Waals surface area (Å²) in [7, 11) is 0. The van der Waals surface area contributed by atoms with Crippen molar-refractivity contribution in [3.63, 3.8) is 0 Å². The lowest BCUT2D eigenvalue weighted by Gasteiger charge is -2.24. The number of carbonyl (C=O) groups excluding carboxylic acids is 1. The predicted molar refractivity (Wildman–Crippen MR) is 85.2 cm³/mol. The molecule has 2 atom stereocenters. The average molecular weight is 331 g/mol. The van der Waals surface area contributed by atoms with E-state index in [2.05, 4.69) is 10.6 Å². The Hall–Kier alpha value is -0.970. The third kappa shape index (κ3) is 4.50. The zero-order valence-electron chi connectivity index (χ0n) is 12.4. The minimum atomic E-state index is -0.505. The third-order valence-corrected chi connectivity index (χ3v) is 4.03. The van der Waals surface area contributed by atoms with Gasteiger partial charge in [-0.2, -0.15) is 0 Å². The highest BCUT2D eigenvalue weighted by Crippen LogP contribution is 2.29. The summed E-state index contributed by atoms with van der Waals surface area (Å²) in [5.74, 6) is 0.146. The Bertz CT molecular complexity index is 529. The second-order valence-electron chi connectivity index (χ2n) is 6.19. The van der Waals surface area contributed by atoms with Crippen LogP contribution in [0, 0.1) is 0 Å². The molecule has 1 aromatic carbocycles. The van der Waals surface area contributed by atoms with E-state index in [-0.39, 0.29) is 12.0 Å². The number of alkyl carbamates (subject to hydrolysis) is 1. The van der Waals surface area contributed by atoms with Gasteiger partial charge >= 0.3 is 6.09 Å². The number of halogens is 2. The van der Waals surface area contributed by atoms with Gasteiger partial charge in [-0.05, 0) is 38.5 Å². The fraction of sp³-hybridized carbons (Fsp3) is 0.533. The Morgan fingerprint density at radius 3 is 2.62 bits per heavy atom. The fourth-order valence-electron chi connectivity index (χ4n) is 2.38. The van der Waals surface area contributed by atoms with Crippen LogP contribution in [0.3, 0.4) is 0 Å². The summed E-state index contributed by atoms with van der Waals surface area (Å²) in [6.45, 7) is 7.00. The van der Waals surface area contributed by atoms with Crippen molar-refractivity contribution in [3.8, 4) is 0 Å². The van der Waals surface area contributed by atoms with Crippen molar-refractivity contribution < 1.29 is 9.53 Å². The number of benzene rings is 1. The topological polar surface area (TPSA) is 50.4 Å². The Labute approximate surface area is 135 Å². The SMILES string of the molecule is CC(C)(C)OC(=O)N[C@@H]1CNC[C@H]1c1ccc(Cl)c(Cl)c1. The molecule has 1 aliphatic heterocycles. The Morgan fingerprint density at radius 1 is 1.29 bits per heavy atom. The predicted octanol–water partition coefficient (Wildman–Crippen LogP) is 3.57. The quantitative estimate of drug-likeness (QED) is 0.871. The van der Waals surface area contributed by atoms with Crippen LogP contribution in [0.1, 0.15) is 32.3 Å². The van der Waals surface area contributed by atoms with E-state index < -0.39 is 11.7 Å². The van der Waals surface area contributed by atoms with Crippen molar-refractivity contribution in [2.75, 3.05) is 13.1 Å². The van der Waals surface area contributed by atoms with Crippen LogP contribution in [0.4, 0.5) is 4.79 Å². The van der Waals surface area contributed by atoms with E-state index in [1.807, 2.05) is 32.9 Å². The molecular formula is C15H20Cl2N2O2. The molecule has 0 aromatic heterocycles. The van der Waals surface area contributed by atoms with E-state index in [1.165, 1.54) is 0 Å². The molecular weight excluding hydrogens is 311 g/mol. The average Bonchev–Trinajstić information content (AvgIpc) is 2.78. The fourth-order valence-corrected chi connectivity index (χ4v) is 2.69. The standard InChI is InChI=1S/C15H20Cl2N2O2/c1-15(2,3)21-14(20)19-13-8-18-7-10(13)9-4-5-11(16)12(17)6-9/h4-6,10,13,18H,7-8H2,1-3H3,(H,19,20)/t10-,13+/m0/s1. The van der Waals surface area contributed by atoms with Gasteiger partial charge in [0, 0.05) is 19.0 Å². The van der Waals surface area contributed by atoms with E-state index >= 15 is 0 Å². The molecule has 1 fully saturated rings. The second-order valence-corrected chi connectivity index (χ2v) is 7.01. The zero-order chi connectivity index (χ0) is 15.6. The van der Waals surface area contributed by atoms with Crippen molar-refractivity contribution in [1.29, 1.82) is 0 Å². The smallest absolute Gasteiger partial charge is 0.407 e. The van der Waals surface area contributed by atoms with Gasteiger partial charge in [0.05, 0.1) is 16.1 Å². The summed E-state index contributed by atoms with van der Waals surface area (Å²) in [6.07, 6.45) is -0.402. The van der Waals surface area contributed by atoms with Gasteiger partial charge in [-0.25, -0.2) is 4.79 Å². The molecule has 0 unspecified atom stereocenters. The van der Waals surface area contributed by atoms with E-state index in [0.29, 0.717) is 16.6 Å². The lowest BCUT2D eigenvalue weighted by Crippen LogP contribution is -2.42. The van der Waals surface area contributed by atoms with Crippen LogP contribution in [0.5, 0.6) is 0 Å². The maximum Gasteiger partial charge on any atom is 0.407 e. The maximum absolute atomic E-state index is 11.9. The number of ether oxygens (including phenoxy) is 1. The molecule has 21 heavy (non-hydrogen) atoms. The Morgan fingerprint density at radius 2 is 2.00 bits per heavy atom. The van der Waals surface area contributed by atoms with Gasteiger partial charge in [-0.1, -0.05) is 29.3 Å². The monoisotopic (exact) mass is 330 g/mol. The number of hydrogen-bond donors (Lipinski definition) is 2. The van der Waals surface area contributed by atoms with Crippen LogP contribution < -0.4 is 10.6 Å². The normalized spacial score (nSPS) is 22.1. The van der Waals surface area contributed by atoms with Gasteiger partial charge in [-0.3, -0.25) is 0 Å². The van der Waals surface area contributed by atoms with Crippen molar-refractivity contribution >= 4 is 29.3 Å². The van der Waals surface area contributed by atoms with Crippen LogP contribution in [0.15, 0.2) is 18.2 Å². The molecule has 0 aliphatic carbocycles. The number of nitrogens with one attached hydrogen (secondary N) is 2. The van der Waals surface area contributed by atoms with Crippen molar-refractivity contribution in [2.45, 2.75) is 38.3 Å². The Balaban J connectivity index is 2.06. The van der Waals surface area contributed by atoms with Crippen LogP contribution in [-0.2, 0) is 4.74 Å². The molecule has 0 spiro atoms. The van der Waals surface area contributed by atoms with E-state index in [0.717, 1.165) is 12.1 Å². The summed E-state index contributed by atoms with van der Waals surface area (Å²) < 4.78 is 5.30. The second kappa shape index (κ2) is 6.42. The molecule has 4 nitrogen and oxygen atoms in total. The van der Waals surface area contributed by atoms with Gasteiger partial charge < -0.3 is 15.4 Å². The first-order chi connectivity index (χ1) is 9.76. The lowest BCUT2D eigenvalue weighted by molar-refractivity contribution is 0.0504. The highest BCUT2D eigenvalue weighted by molar-refractivity contribution is 6.42. The molecule has 6 heteroatoms. The number of rotatable bonds is 2. The molecule has 1 amide bonds. The highest BCUT2D eigenvalue weighted by Gasteiger charge is 2.31. The molecule has 2 rings (SSSR count). The third-order valence-electron chi connectivity index (χ3n) is 3.29. The summed E-state index contributed by atoms with van der Waals surface area (Å²) in [5.41, 5.74) is 0.547. The molecule has 1 aliphatic rings. The number of amides is 1. The van der Waals surface area contributed by atoms with Crippen molar-refractivity contribution in [2.24, 2.45) is 0 Å². The van der Waals surface area contributed by atoms with Crippen LogP contribution in [0.25, 0.3) is 0 Å². The molecule has 116 valence electrons. The molecule has 0 bridgehead atoms. The largest absolute Gasteiger partial charge is 0.444 e. The van der Waals surface area contributed by atoms with Crippen molar-refractivity contribution in [1.82, 2.24) is 10.6 Å². The summed E-state index contributed by atoms with van der Waals surface area (Å²) in [5, 5.41) is 7.25. The maximum atomic E-state index is 11.9. The van der Waals surface area contributed by atoms with E-state index in [1.54, 1.807) is 6.07 Å². The molecule has 1 saturated heterocycles. The highest BCUT2D eigenvalue weighted by atomic mass is 35.5. The minimum absolute atomic E-state index is 0.0305. The number of hydrogen-bond acceptors (Lipinski definition) is 3. The first-order valence-corrected chi connectivity index (χ1v) is 7.67. The van der Waals surface area contributed by atoms with Crippen LogP contribution in [-0.4, -0.2) is 30.8 Å². The van der Waals surface area contributed by atoms with Gasteiger partial charge in [0.1, 0.15) is 5.60 Å². The van der Waals surface area contributed by atoms with Gasteiger partial charge in [0.15, 0.2) is 0 Å². The van der Waals surface area contributed by atoms with Crippen LogP contribution in [0.2, 0.25) is 10.0 Å². The summed E-state index contributed by atoms with van der Waals surface area (Å²) in [4.78, 5) is 11.9. The zero-order valence-corrected chi connectivity index (χ0v) is 13.9. The summed E-state index contributed by atoms with van der Waals surface area (Å²) >= 11 is 12.0. The molecule has 0 radical (unpaired) electrons. The number of carbonyl (C=O) groups is 1. The lowest BCUT2D eigenvalue weighted by atomic mass is 9.94. The summed E-state index contributed by atoms with van der Waals surface area (Å²) in [6, 6.07) is 5.54. The van der Waals surface area contributed by atoms with Gasteiger partial charge in [0.25, 0.3) is 0 Å². The molecule has 1 heterocycles. The van der Waals surface area contributed by atoms with Gasteiger partial charge in [-0.15, -0.1) is 0 Å². The molecule has 1 aromatic rings. The Kier molecular flexibility index (Phi) is 5.02. The van der Waals surface area contributed by atoms with E-state index in [9.17, 15) is 4.79 Å². The van der Waals surface area contributed by atoms with E-state index in [4.69, 9.17) is 27.9 Å². The first kappa shape index (κ1) is 16.4. The minimum Gasteiger partial charge on any atom is -0.444 e.